The topological polar surface area (TPSA) is 68.8 Å². The summed E-state index contributed by atoms with van der Waals surface area (Å²) in [6.45, 7) is 4.78. The number of rotatable bonds is 3. The maximum absolute atomic E-state index is 12.3. The van der Waals surface area contributed by atoms with Crippen LogP contribution in [0.15, 0.2) is 16.6 Å². The number of nitrogens with one attached hydrogen (secondary N) is 2. The van der Waals surface area contributed by atoms with Crippen molar-refractivity contribution in [1.82, 2.24) is 10.6 Å². The zero-order chi connectivity index (χ0) is 15.5. The first-order chi connectivity index (χ1) is 10.6. The lowest BCUT2D eigenvalue weighted by Gasteiger charge is -2.26. The molecule has 2 atom stereocenters. The van der Waals surface area contributed by atoms with Gasteiger partial charge in [0.05, 0.1) is 19.3 Å². The smallest absolute Gasteiger partial charge is 0.240 e. The number of hydrogen-bond donors (Lipinski definition) is 2. The van der Waals surface area contributed by atoms with E-state index in [1.165, 1.54) is 0 Å². The van der Waals surface area contributed by atoms with E-state index in [1.54, 1.807) is 0 Å². The number of hydrogen-bond acceptors (Lipinski definition) is 5. The second-order valence-electron chi connectivity index (χ2n) is 5.33. The highest BCUT2D eigenvalue weighted by molar-refractivity contribution is 9.10. The Morgan fingerprint density at radius 3 is 2.65 bits per heavy atom. The summed E-state index contributed by atoms with van der Waals surface area (Å²) in [5, 5.41) is 6.15. The lowest BCUT2D eigenvalue weighted by Crippen LogP contribution is -2.51. The molecule has 0 spiro atoms. The largest absolute Gasteiger partial charge is 0.486 e. The third-order valence-electron chi connectivity index (χ3n) is 3.72. The van der Waals surface area contributed by atoms with Gasteiger partial charge in [-0.1, -0.05) is 15.9 Å². The second-order valence-corrected chi connectivity index (χ2v) is 6.18. The lowest BCUT2D eigenvalue weighted by molar-refractivity contribution is -0.126. The van der Waals surface area contributed by atoms with Gasteiger partial charge in [-0.25, -0.2) is 0 Å². The van der Waals surface area contributed by atoms with Crippen molar-refractivity contribution in [2.45, 2.75) is 19.0 Å². The molecule has 128 valence electrons. The molecule has 2 aliphatic heterocycles. The van der Waals surface area contributed by atoms with Crippen molar-refractivity contribution in [3.8, 4) is 11.5 Å². The molecule has 0 aliphatic carbocycles. The Kier molecular flexibility index (Phi) is 6.52. The van der Waals surface area contributed by atoms with E-state index in [0.29, 0.717) is 38.7 Å². The van der Waals surface area contributed by atoms with Gasteiger partial charge in [-0.2, -0.15) is 0 Å². The van der Waals surface area contributed by atoms with Crippen molar-refractivity contribution >= 4 is 34.2 Å². The summed E-state index contributed by atoms with van der Waals surface area (Å²) < 4.78 is 17.4. The molecule has 2 unspecified atom stereocenters. The molecule has 2 heterocycles. The van der Waals surface area contributed by atoms with Crippen LogP contribution < -0.4 is 20.1 Å². The molecule has 0 saturated carbocycles. The number of halogens is 2. The first kappa shape index (κ1) is 18.3. The summed E-state index contributed by atoms with van der Waals surface area (Å²) in [7, 11) is 0. The van der Waals surface area contributed by atoms with Gasteiger partial charge in [-0.3, -0.25) is 4.79 Å². The Hall–Kier alpha value is -1.02. The zero-order valence-corrected chi connectivity index (χ0v) is 15.2. The third kappa shape index (κ3) is 4.29. The summed E-state index contributed by atoms with van der Waals surface area (Å²) in [4.78, 5) is 12.3. The molecule has 2 aliphatic rings. The first-order valence-corrected chi connectivity index (χ1v) is 8.15. The fraction of sp³-hybridized carbons (Fsp3) is 0.533. The van der Waals surface area contributed by atoms with Crippen LogP contribution in [0.4, 0.5) is 0 Å². The highest BCUT2D eigenvalue weighted by atomic mass is 79.9. The molecule has 1 amide bonds. The standard InChI is InChI=1S/C15H19BrN2O4.ClH/c1-9(18-15(19)12-8-20-3-2-17-12)10-6-13-14(7-11(10)16)22-5-4-21-13;/h6-7,9,12,17H,2-5,8H2,1H3,(H,18,19);1H. The molecule has 1 aromatic carbocycles. The number of fused-ring (bicyclic) bond motifs is 1. The summed E-state index contributed by atoms with van der Waals surface area (Å²) >= 11 is 3.53. The van der Waals surface area contributed by atoms with Gasteiger partial charge in [0.15, 0.2) is 11.5 Å². The highest BCUT2D eigenvalue weighted by Gasteiger charge is 2.24. The van der Waals surface area contributed by atoms with Crippen LogP contribution >= 0.6 is 28.3 Å². The molecule has 3 rings (SSSR count). The Balaban J connectivity index is 0.00000192. The van der Waals surface area contributed by atoms with Gasteiger partial charge >= 0.3 is 0 Å². The van der Waals surface area contributed by atoms with Crippen molar-refractivity contribution in [1.29, 1.82) is 0 Å². The molecule has 8 heteroatoms. The fourth-order valence-electron chi connectivity index (χ4n) is 2.54. The van der Waals surface area contributed by atoms with E-state index in [1.807, 2.05) is 19.1 Å². The molecule has 2 N–H and O–H groups in total. The Bertz CT molecular complexity index is 567. The summed E-state index contributed by atoms with van der Waals surface area (Å²) in [6.07, 6.45) is 0. The summed E-state index contributed by atoms with van der Waals surface area (Å²) in [6, 6.07) is 3.34. The maximum Gasteiger partial charge on any atom is 0.240 e. The predicted octanol–water partition coefficient (Wildman–Crippen LogP) is 1.81. The van der Waals surface area contributed by atoms with Gasteiger partial charge < -0.3 is 24.8 Å². The third-order valence-corrected chi connectivity index (χ3v) is 4.41. The number of morpholine rings is 1. The van der Waals surface area contributed by atoms with E-state index < -0.39 is 0 Å². The van der Waals surface area contributed by atoms with Crippen LogP contribution in [0.25, 0.3) is 0 Å². The number of benzene rings is 1. The van der Waals surface area contributed by atoms with Crippen LogP contribution in [-0.4, -0.2) is 44.9 Å². The van der Waals surface area contributed by atoms with E-state index in [0.717, 1.165) is 15.8 Å². The van der Waals surface area contributed by atoms with E-state index in [2.05, 4.69) is 26.6 Å². The van der Waals surface area contributed by atoms with Crippen LogP contribution in [0.3, 0.4) is 0 Å². The van der Waals surface area contributed by atoms with E-state index in [-0.39, 0.29) is 30.4 Å². The first-order valence-electron chi connectivity index (χ1n) is 7.35. The maximum atomic E-state index is 12.3. The monoisotopic (exact) mass is 406 g/mol. The summed E-state index contributed by atoms with van der Waals surface area (Å²) in [5.74, 6) is 1.38. The van der Waals surface area contributed by atoms with Crippen molar-refractivity contribution in [3.63, 3.8) is 0 Å². The SMILES string of the molecule is CC(NC(=O)C1COCCN1)c1cc2c(cc1Br)OCCO2.Cl. The van der Waals surface area contributed by atoms with Crippen molar-refractivity contribution in [2.75, 3.05) is 33.0 Å². The molecular weight excluding hydrogens is 388 g/mol. The molecule has 6 nitrogen and oxygen atoms in total. The average molecular weight is 408 g/mol. The molecule has 0 aromatic heterocycles. The van der Waals surface area contributed by atoms with Gasteiger partial charge in [0.2, 0.25) is 5.91 Å². The van der Waals surface area contributed by atoms with Crippen LogP contribution in [0.2, 0.25) is 0 Å². The van der Waals surface area contributed by atoms with Gasteiger partial charge in [-0.15, -0.1) is 12.4 Å². The quantitative estimate of drug-likeness (QED) is 0.800. The lowest BCUT2D eigenvalue weighted by atomic mass is 10.1. The number of carbonyl (C=O) groups excluding carboxylic acids is 1. The zero-order valence-electron chi connectivity index (χ0n) is 12.8. The normalized spacial score (nSPS) is 21.0. The predicted molar refractivity (Wildman–Crippen MR) is 91.5 cm³/mol. The van der Waals surface area contributed by atoms with Crippen molar-refractivity contribution in [3.05, 3.63) is 22.2 Å². The van der Waals surface area contributed by atoms with Gasteiger partial charge in [0, 0.05) is 11.0 Å². The van der Waals surface area contributed by atoms with Crippen LogP contribution in [0, 0.1) is 0 Å². The molecule has 1 aromatic rings. The highest BCUT2D eigenvalue weighted by Crippen LogP contribution is 2.37. The summed E-state index contributed by atoms with van der Waals surface area (Å²) in [5.41, 5.74) is 0.953. The second kappa shape index (κ2) is 8.19. The van der Waals surface area contributed by atoms with Gasteiger partial charge in [0.1, 0.15) is 19.3 Å². The van der Waals surface area contributed by atoms with E-state index in [4.69, 9.17) is 14.2 Å². The molecular formula is C15H20BrClN2O4. The molecule has 23 heavy (non-hydrogen) atoms. The molecule has 0 radical (unpaired) electrons. The van der Waals surface area contributed by atoms with E-state index in [9.17, 15) is 4.79 Å². The van der Waals surface area contributed by atoms with Crippen LogP contribution in [-0.2, 0) is 9.53 Å². The van der Waals surface area contributed by atoms with Crippen molar-refractivity contribution in [2.24, 2.45) is 0 Å². The van der Waals surface area contributed by atoms with E-state index >= 15 is 0 Å². The average Bonchev–Trinajstić information content (AvgIpc) is 2.54. The van der Waals surface area contributed by atoms with Gasteiger partial charge in [0.25, 0.3) is 0 Å². The minimum atomic E-state index is -0.299. The van der Waals surface area contributed by atoms with Gasteiger partial charge in [-0.05, 0) is 24.6 Å². The Morgan fingerprint density at radius 1 is 1.30 bits per heavy atom. The molecule has 0 bridgehead atoms. The number of carbonyl (C=O) groups is 1. The van der Waals surface area contributed by atoms with Crippen molar-refractivity contribution < 1.29 is 19.0 Å². The molecule has 1 saturated heterocycles. The fourth-order valence-corrected chi connectivity index (χ4v) is 3.20. The number of amides is 1. The Morgan fingerprint density at radius 2 is 2.00 bits per heavy atom. The number of ether oxygens (including phenoxy) is 3. The molecule has 1 fully saturated rings. The van der Waals surface area contributed by atoms with Crippen LogP contribution in [0.1, 0.15) is 18.5 Å². The Labute approximate surface area is 149 Å². The minimum absolute atomic E-state index is 0. The van der Waals surface area contributed by atoms with Crippen LogP contribution in [0.5, 0.6) is 11.5 Å². The minimum Gasteiger partial charge on any atom is -0.486 e.